The lowest BCUT2D eigenvalue weighted by Gasteiger charge is -2.31. The maximum atomic E-state index is 11.2. The van der Waals surface area contributed by atoms with E-state index >= 15 is 0 Å². The zero-order chi connectivity index (χ0) is 9.90. The third kappa shape index (κ3) is 3.62. The lowest BCUT2D eigenvalue weighted by atomic mass is 9.83. The van der Waals surface area contributed by atoms with E-state index in [1.54, 1.807) is 0 Å². The van der Waals surface area contributed by atoms with Crippen LogP contribution in [-0.4, -0.2) is 31.9 Å². The minimum atomic E-state index is -3.05. The molecule has 0 heterocycles. The molecule has 0 amide bonds. The Hall–Kier alpha value is -0.130. The number of rotatable bonds is 5. The second-order valence-corrected chi connectivity index (χ2v) is 5.59. The average molecular weight is 207 g/mol. The van der Waals surface area contributed by atoms with Crippen molar-refractivity contribution in [3.05, 3.63) is 0 Å². The SMILES string of the molecule is CCCS(=O)(=O)NCC1CC(O)C1. The van der Waals surface area contributed by atoms with Crippen LogP contribution >= 0.6 is 0 Å². The molecule has 0 unspecified atom stereocenters. The fourth-order valence-electron chi connectivity index (χ4n) is 1.45. The summed E-state index contributed by atoms with van der Waals surface area (Å²) >= 11 is 0. The summed E-state index contributed by atoms with van der Waals surface area (Å²) < 4.78 is 24.9. The largest absolute Gasteiger partial charge is 0.393 e. The van der Waals surface area contributed by atoms with Crippen LogP contribution in [0, 0.1) is 5.92 Å². The van der Waals surface area contributed by atoms with Crippen molar-refractivity contribution in [3.8, 4) is 0 Å². The van der Waals surface area contributed by atoms with Gasteiger partial charge in [-0.05, 0) is 25.2 Å². The molecular formula is C8H17NO3S. The quantitative estimate of drug-likeness (QED) is 0.671. The highest BCUT2D eigenvalue weighted by molar-refractivity contribution is 7.89. The number of hydrogen-bond donors (Lipinski definition) is 2. The Bertz CT molecular complexity index is 244. The molecule has 0 spiro atoms. The highest BCUT2D eigenvalue weighted by atomic mass is 32.2. The van der Waals surface area contributed by atoms with Gasteiger partial charge in [-0.15, -0.1) is 0 Å². The molecule has 2 N–H and O–H groups in total. The predicted molar refractivity (Wildman–Crippen MR) is 50.8 cm³/mol. The molecular weight excluding hydrogens is 190 g/mol. The highest BCUT2D eigenvalue weighted by Gasteiger charge is 2.27. The van der Waals surface area contributed by atoms with E-state index in [0.29, 0.717) is 18.9 Å². The molecule has 4 nitrogen and oxygen atoms in total. The summed E-state index contributed by atoms with van der Waals surface area (Å²) in [5, 5.41) is 8.97. The zero-order valence-electron chi connectivity index (χ0n) is 7.86. The summed E-state index contributed by atoms with van der Waals surface area (Å²) in [6.45, 7) is 2.33. The molecule has 0 aromatic rings. The Balaban J connectivity index is 2.18. The monoisotopic (exact) mass is 207 g/mol. The van der Waals surface area contributed by atoms with Crippen molar-refractivity contribution in [1.29, 1.82) is 0 Å². The second-order valence-electron chi connectivity index (χ2n) is 3.66. The maximum Gasteiger partial charge on any atom is 0.211 e. The van der Waals surface area contributed by atoms with Crippen LogP contribution in [0.1, 0.15) is 26.2 Å². The van der Waals surface area contributed by atoms with E-state index in [-0.39, 0.29) is 11.9 Å². The number of hydrogen-bond acceptors (Lipinski definition) is 3. The topological polar surface area (TPSA) is 66.4 Å². The molecule has 0 atom stereocenters. The summed E-state index contributed by atoms with van der Waals surface area (Å²) in [6, 6.07) is 0. The summed E-state index contributed by atoms with van der Waals surface area (Å²) in [7, 11) is -3.05. The van der Waals surface area contributed by atoms with Crippen molar-refractivity contribution < 1.29 is 13.5 Å². The van der Waals surface area contributed by atoms with Crippen LogP contribution in [0.15, 0.2) is 0 Å². The first kappa shape index (κ1) is 10.9. The molecule has 5 heteroatoms. The van der Waals surface area contributed by atoms with E-state index in [2.05, 4.69) is 4.72 Å². The van der Waals surface area contributed by atoms with Gasteiger partial charge in [0.2, 0.25) is 10.0 Å². The smallest absolute Gasteiger partial charge is 0.211 e. The molecule has 13 heavy (non-hydrogen) atoms. The summed E-state index contributed by atoms with van der Waals surface area (Å²) in [6.07, 6.45) is 1.90. The van der Waals surface area contributed by atoms with Gasteiger partial charge in [-0.3, -0.25) is 0 Å². The van der Waals surface area contributed by atoms with Gasteiger partial charge >= 0.3 is 0 Å². The van der Waals surface area contributed by atoms with Crippen LogP contribution in [0.2, 0.25) is 0 Å². The van der Waals surface area contributed by atoms with E-state index in [1.807, 2.05) is 6.92 Å². The minimum Gasteiger partial charge on any atom is -0.393 e. The standard InChI is InChI=1S/C8H17NO3S/c1-2-3-13(11,12)9-6-7-4-8(10)5-7/h7-10H,2-6H2,1H3. The summed E-state index contributed by atoms with van der Waals surface area (Å²) in [5.41, 5.74) is 0. The van der Waals surface area contributed by atoms with Gasteiger partial charge in [0.25, 0.3) is 0 Å². The Kier molecular flexibility index (Phi) is 3.70. The lowest BCUT2D eigenvalue weighted by Crippen LogP contribution is -2.39. The van der Waals surface area contributed by atoms with E-state index in [4.69, 9.17) is 5.11 Å². The summed E-state index contributed by atoms with van der Waals surface area (Å²) in [4.78, 5) is 0. The summed E-state index contributed by atoms with van der Waals surface area (Å²) in [5.74, 6) is 0.532. The van der Waals surface area contributed by atoms with Gasteiger partial charge in [0.05, 0.1) is 11.9 Å². The first-order valence-electron chi connectivity index (χ1n) is 4.69. The van der Waals surface area contributed by atoms with E-state index in [0.717, 1.165) is 12.8 Å². The van der Waals surface area contributed by atoms with Crippen LogP contribution in [0.25, 0.3) is 0 Å². The molecule has 78 valence electrons. The van der Waals surface area contributed by atoms with Gasteiger partial charge in [-0.2, -0.15) is 0 Å². The molecule has 0 bridgehead atoms. The molecule has 1 aliphatic rings. The average Bonchev–Trinajstić information content (AvgIpc) is 1.96. The first-order valence-corrected chi connectivity index (χ1v) is 6.34. The van der Waals surface area contributed by atoms with E-state index in [9.17, 15) is 8.42 Å². The van der Waals surface area contributed by atoms with Crippen molar-refractivity contribution >= 4 is 10.0 Å². The molecule has 1 fully saturated rings. The molecule has 0 saturated heterocycles. The van der Waals surface area contributed by atoms with E-state index < -0.39 is 10.0 Å². The van der Waals surface area contributed by atoms with E-state index in [1.165, 1.54) is 0 Å². The van der Waals surface area contributed by atoms with Crippen LogP contribution in [-0.2, 0) is 10.0 Å². The molecule has 0 radical (unpaired) electrons. The van der Waals surface area contributed by atoms with Crippen LogP contribution < -0.4 is 4.72 Å². The number of aliphatic hydroxyl groups excluding tert-OH is 1. The van der Waals surface area contributed by atoms with Crippen molar-refractivity contribution in [2.45, 2.75) is 32.3 Å². The minimum absolute atomic E-state index is 0.197. The fraction of sp³-hybridized carbons (Fsp3) is 1.00. The van der Waals surface area contributed by atoms with Crippen molar-refractivity contribution in [1.82, 2.24) is 4.72 Å². The Morgan fingerprint density at radius 3 is 2.54 bits per heavy atom. The Morgan fingerprint density at radius 2 is 2.08 bits per heavy atom. The van der Waals surface area contributed by atoms with Crippen LogP contribution in [0.4, 0.5) is 0 Å². The van der Waals surface area contributed by atoms with Gasteiger partial charge in [-0.25, -0.2) is 13.1 Å². The fourth-order valence-corrected chi connectivity index (χ4v) is 2.62. The zero-order valence-corrected chi connectivity index (χ0v) is 8.68. The van der Waals surface area contributed by atoms with Crippen molar-refractivity contribution in [2.75, 3.05) is 12.3 Å². The highest BCUT2D eigenvalue weighted by Crippen LogP contribution is 2.26. The third-order valence-electron chi connectivity index (χ3n) is 2.28. The Labute approximate surface area is 79.4 Å². The third-order valence-corrected chi connectivity index (χ3v) is 3.83. The van der Waals surface area contributed by atoms with Gasteiger partial charge in [-0.1, -0.05) is 6.92 Å². The van der Waals surface area contributed by atoms with Crippen molar-refractivity contribution in [3.63, 3.8) is 0 Å². The predicted octanol–water partition coefficient (Wildman–Crippen LogP) is 0.0867. The molecule has 1 aliphatic carbocycles. The lowest BCUT2D eigenvalue weighted by molar-refractivity contribution is 0.0453. The van der Waals surface area contributed by atoms with Gasteiger partial charge in [0, 0.05) is 6.54 Å². The first-order chi connectivity index (χ1) is 6.03. The van der Waals surface area contributed by atoms with Crippen LogP contribution in [0.5, 0.6) is 0 Å². The molecule has 0 aromatic carbocycles. The maximum absolute atomic E-state index is 11.2. The van der Waals surface area contributed by atoms with Gasteiger partial charge in [0.1, 0.15) is 0 Å². The molecule has 0 aliphatic heterocycles. The van der Waals surface area contributed by atoms with Crippen molar-refractivity contribution in [2.24, 2.45) is 5.92 Å². The normalized spacial score (nSPS) is 28.5. The Morgan fingerprint density at radius 1 is 1.46 bits per heavy atom. The molecule has 1 rings (SSSR count). The number of aliphatic hydroxyl groups is 1. The second kappa shape index (κ2) is 4.39. The molecule has 0 aromatic heterocycles. The molecule has 1 saturated carbocycles. The van der Waals surface area contributed by atoms with Gasteiger partial charge in [0.15, 0.2) is 0 Å². The number of nitrogens with one attached hydrogen (secondary N) is 1. The van der Waals surface area contributed by atoms with Crippen LogP contribution in [0.3, 0.4) is 0 Å². The number of sulfonamides is 1. The van der Waals surface area contributed by atoms with Gasteiger partial charge < -0.3 is 5.11 Å².